The lowest BCUT2D eigenvalue weighted by molar-refractivity contribution is -0.138. The molecule has 3 unspecified atom stereocenters. The van der Waals surface area contributed by atoms with E-state index in [-0.39, 0.29) is 24.2 Å². The summed E-state index contributed by atoms with van der Waals surface area (Å²) >= 11 is 0. The Morgan fingerprint density at radius 2 is 1.78 bits per heavy atom. The summed E-state index contributed by atoms with van der Waals surface area (Å²) in [4.78, 5) is 58.3. The highest BCUT2D eigenvalue weighted by molar-refractivity contribution is 5.99. The van der Waals surface area contributed by atoms with Crippen LogP contribution >= 0.6 is 0 Å². The molecule has 36 heavy (non-hydrogen) atoms. The number of ether oxygens (including phenoxy) is 1. The first-order chi connectivity index (χ1) is 17.2. The van der Waals surface area contributed by atoms with Crippen LogP contribution in [0.3, 0.4) is 0 Å². The third-order valence-electron chi connectivity index (χ3n) is 6.28. The molecule has 2 aromatic carbocycles. The van der Waals surface area contributed by atoms with Gasteiger partial charge in [-0.25, -0.2) is 4.79 Å². The smallest absolute Gasteiger partial charge is 0.399 e. The van der Waals surface area contributed by atoms with Gasteiger partial charge in [0.05, 0.1) is 12.6 Å². The quantitative estimate of drug-likeness (QED) is 0.341. The van der Waals surface area contributed by atoms with Gasteiger partial charge in [0.1, 0.15) is 17.8 Å². The number of hydrogen-bond acceptors (Lipinski definition) is 8. The Balaban J connectivity index is 1.43. The summed E-state index contributed by atoms with van der Waals surface area (Å²) in [5, 5.41) is 4.11. The van der Waals surface area contributed by atoms with Crippen LogP contribution in [0.15, 0.2) is 54.6 Å². The maximum absolute atomic E-state index is 13.5. The standard InChI is InChI=1S/C26H30N4O6/c1-16(2)14-20(28-24(32)17-8-10-18(27)11-9-17)25(33)29-13-12-21-23(29)22(31)15-30(21)36-26(34)35-19-6-4-3-5-7-19/h3-11,16,20-21,23H,12-15,27H2,1-2H3,(H,28,32). The van der Waals surface area contributed by atoms with Crippen LogP contribution in [0.5, 0.6) is 5.75 Å². The Kier molecular flexibility index (Phi) is 7.54. The Hall–Kier alpha value is -3.92. The van der Waals surface area contributed by atoms with Gasteiger partial charge in [-0.05, 0) is 55.2 Å². The zero-order valence-corrected chi connectivity index (χ0v) is 20.3. The summed E-state index contributed by atoms with van der Waals surface area (Å²) in [6.45, 7) is 4.07. The first kappa shape index (κ1) is 25.2. The van der Waals surface area contributed by atoms with E-state index in [0.29, 0.717) is 36.4 Å². The molecule has 2 aliphatic rings. The van der Waals surface area contributed by atoms with Crippen molar-refractivity contribution in [3.05, 3.63) is 60.2 Å². The molecular weight excluding hydrogens is 464 g/mol. The molecule has 0 spiro atoms. The first-order valence-corrected chi connectivity index (χ1v) is 11.9. The Morgan fingerprint density at radius 1 is 1.08 bits per heavy atom. The number of Topliss-reactive ketones (excluding diaryl/α,β-unsaturated/α-hetero) is 1. The fourth-order valence-electron chi connectivity index (χ4n) is 4.65. The van der Waals surface area contributed by atoms with Gasteiger partial charge in [0.2, 0.25) is 5.91 Å². The van der Waals surface area contributed by atoms with Gasteiger partial charge in [0.15, 0.2) is 5.78 Å². The van der Waals surface area contributed by atoms with Crippen molar-refractivity contribution in [3.63, 3.8) is 0 Å². The predicted molar refractivity (Wildman–Crippen MR) is 131 cm³/mol. The largest absolute Gasteiger partial charge is 0.533 e. The summed E-state index contributed by atoms with van der Waals surface area (Å²) in [6.07, 6.45) is -0.0976. The number of ketones is 1. The van der Waals surface area contributed by atoms with Crippen LogP contribution in [0.25, 0.3) is 0 Å². The van der Waals surface area contributed by atoms with E-state index in [1.807, 2.05) is 13.8 Å². The van der Waals surface area contributed by atoms with E-state index in [1.165, 1.54) is 9.96 Å². The number of carbonyl (C=O) groups excluding carboxylic acids is 4. The van der Waals surface area contributed by atoms with E-state index >= 15 is 0 Å². The number of nitrogen functional groups attached to an aromatic ring is 1. The van der Waals surface area contributed by atoms with Crippen molar-refractivity contribution in [1.82, 2.24) is 15.3 Å². The molecule has 190 valence electrons. The highest BCUT2D eigenvalue weighted by Crippen LogP contribution is 2.31. The van der Waals surface area contributed by atoms with Gasteiger partial charge < -0.3 is 25.5 Å². The number of para-hydroxylation sites is 1. The molecule has 10 heteroatoms. The summed E-state index contributed by atoms with van der Waals surface area (Å²) < 4.78 is 5.16. The van der Waals surface area contributed by atoms with Gasteiger partial charge >= 0.3 is 6.16 Å². The van der Waals surface area contributed by atoms with Crippen LogP contribution in [0.2, 0.25) is 0 Å². The molecule has 2 saturated heterocycles. The molecule has 2 aliphatic heterocycles. The number of hydroxylamine groups is 2. The second kappa shape index (κ2) is 10.8. The topological polar surface area (TPSA) is 131 Å². The lowest BCUT2D eigenvalue weighted by Gasteiger charge is -2.29. The van der Waals surface area contributed by atoms with E-state index in [1.54, 1.807) is 54.6 Å². The molecule has 2 amide bonds. The number of benzene rings is 2. The Morgan fingerprint density at radius 3 is 2.44 bits per heavy atom. The number of nitrogens with zero attached hydrogens (tertiary/aromatic N) is 2. The van der Waals surface area contributed by atoms with Crippen molar-refractivity contribution in [1.29, 1.82) is 0 Å². The summed E-state index contributed by atoms with van der Waals surface area (Å²) in [5.41, 5.74) is 6.62. The molecule has 0 bridgehead atoms. The van der Waals surface area contributed by atoms with Crippen molar-refractivity contribution in [2.24, 2.45) is 5.92 Å². The van der Waals surface area contributed by atoms with Gasteiger partial charge in [-0.3, -0.25) is 14.4 Å². The normalized spacial score (nSPS) is 20.2. The first-order valence-electron chi connectivity index (χ1n) is 11.9. The maximum atomic E-state index is 13.5. The van der Waals surface area contributed by atoms with Gasteiger partial charge in [0.25, 0.3) is 5.91 Å². The Labute approximate surface area is 209 Å². The zero-order valence-electron chi connectivity index (χ0n) is 20.3. The monoisotopic (exact) mass is 494 g/mol. The van der Waals surface area contributed by atoms with Gasteiger partial charge in [-0.2, -0.15) is 0 Å². The summed E-state index contributed by atoms with van der Waals surface area (Å²) in [7, 11) is 0. The number of likely N-dealkylation sites (tertiary alicyclic amines) is 1. The molecule has 2 aromatic rings. The van der Waals surface area contributed by atoms with Crippen molar-refractivity contribution in [3.8, 4) is 5.75 Å². The molecule has 0 aliphatic carbocycles. The van der Waals surface area contributed by atoms with Gasteiger partial charge in [0, 0.05) is 17.8 Å². The van der Waals surface area contributed by atoms with E-state index in [2.05, 4.69) is 5.32 Å². The average molecular weight is 495 g/mol. The predicted octanol–water partition coefficient (Wildman–Crippen LogP) is 2.40. The van der Waals surface area contributed by atoms with Crippen molar-refractivity contribution < 1.29 is 28.8 Å². The van der Waals surface area contributed by atoms with E-state index in [4.69, 9.17) is 15.3 Å². The molecule has 0 saturated carbocycles. The minimum atomic E-state index is -0.951. The molecule has 10 nitrogen and oxygen atoms in total. The minimum Gasteiger partial charge on any atom is -0.399 e. The number of hydrogen-bond donors (Lipinski definition) is 2. The highest BCUT2D eigenvalue weighted by atomic mass is 16.8. The lowest BCUT2D eigenvalue weighted by atomic mass is 10.0. The van der Waals surface area contributed by atoms with Gasteiger partial charge in [-0.1, -0.05) is 32.0 Å². The SMILES string of the molecule is CC(C)CC(NC(=O)c1ccc(N)cc1)C(=O)N1CCC2C1C(=O)CN2OC(=O)Oc1ccccc1. The third kappa shape index (κ3) is 5.65. The molecule has 0 aromatic heterocycles. The van der Waals surface area contributed by atoms with Crippen molar-refractivity contribution in [2.45, 2.75) is 44.8 Å². The van der Waals surface area contributed by atoms with Crippen LogP contribution in [0.4, 0.5) is 10.5 Å². The minimum absolute atomic E-state index is 0.121. The molecular formula is C26H30N4O6. The van der Waals surface area contributed by atoms with Crippen LogP contribution in [0.1, 0.15) is 37.0 Å². The van der Waals surface area contributed by atoms with Crippen molar-refractivity contribution in [2.75, 3.05) is 18.8 Å². The summed E-state index contributed by atoms with van der Waals surface area (Å²) in [6, 6.07) is 12.8. The van der Waals surface area contributed by atoms with Gasteiger partial charge in [-0.15, -0.1) is 5.06 Å². The molecule has 0 radical (unpaired) electrons. The Bertz CT molecular complexity index is 1120. The molecule has 2 fully saturated rings. The molecule has 3 atom stereocenters. The van der Waals surface area contributed by atoms with Crippen LogP contribution in [0, 0.1) is 5.92 Å². The zero-order chi connectivity index (χ0) is 25.8. The van der Waals surface area contributed by atoms with Crippen LogP contribution in [-0.2, 0) is 14.4 Å². The van der Waals surface area contributed by atoms with E-state index in [9.17, 15) is 19.2 Å². The number of nitrogens with one attached hydrogen (secondary N) is 1. The molecule has 2 heterocycles. The number of carbonyl (C=O) groups is 4. The number of rotatable bonds is 7. The van der Waals surface area contributed by atoms with Crippen LogP contribution < -0.4 is 15.8 Å². The maximum Gasteiger partial charge on any atom is 0.533 e. The second-order valence-corrected chi connectivity index (χ2v) is 9.41. The van der Waals surface area contributed by atoms with E-state index in [0.717, 1.165) is 0 Å². The van der Waals surface area contributed by atoms with Crippen LogP contribution in [-0.4, -0.2) is 64.9 Å². The van der Waals surface area contributed by atoms with Crippen molar-refractivity contribution >= 4 is 29.4 Å². The number of fused-ring (bicyclic) bond motifs is 1. The average Bonchev–Trinajstić information content (AvgIpc) is 3.40. The number of amides is 2. The summed E-state index contributed by atoms with van der Waals surface area (Å²) in [5.74, 6) is -0.512. The molecule has 3 N–H and O–H groups in total. The number of nitrogens with two attached hydrogens (primary N) is 1. The number of anilines is 1. The molecule has 4 rings (SSSR count). The lowest BCUT2D eigenvalue weighted by Crippen LogP contribution is -2.52. The van der Waals surface area contributed by atoms with E-state index < -0.39 is 30.2 Å². The third-order valence-corrected chi connectivity index (χ3v) is 6.28. The second-order valence-electron chi connectivity index (χ2n) is 9.41. The highest BCUT2D eigenvalue weighted by Gasteiger charge is 2.52. The fourth-order valence-corrected chi connectivity index (χ4v) is 4.65. The fraction of sp³-hybridized carbons (Fsp3) is 0.385.